The number of hydrogen-bond donors (Lipinski definition) is 1. The Labute approximate surface area is 88.5 Å². The van der Waals surface area contributed by atoms with E-state index in [9.17, 15) is 8.42 Å². The molecule has 2 atom stereocenters. The van der Waals surface area contributed by atoms with Crippen molar-refractivity contribution in [3.8, 4) is 0 Å². The molecule has 2 rings (SSSR count). The maximum absolute atomic E-state index is 11.5. The number of aliphatic imine (C=N–C) groups is 1. The average molecular weight is 234 g/mol. The van der Waals surface area contributed by atoms with Crippen molar-refractivity contribution in [3.05, 3.63) is 0 Å². The van der Waals surface area contributed by atoms with Gasteiger partial charge in [0.1, 0.15) is 0 Å². The van der Waals surface area contributed by atoms with Gasteiger partial charge in [-0.1, -0.05) is 11.8 Å². The molecule has 0 aliphatic carbocycles. The van der Waals surface area contributed by atoms with Crippen LogP contribution in [-0.2, 0) is 9.84 Å². The minimum Gasteiger partial charge on any atom is -0.361 e. The van der Waals surface area contributed by atoms with Crippen LogP contribution in [0.3, 0.4) is 0 Å². The van der Waals surface area contributed by atoms with E-state index in [0.29, 0.717) is 12.2 Å². The number of hydrogen-bond acceptors (Lipinski definition) is 5. The van der Waals surface area contributed by atoms with Crippen LogP contribution in [-0.4, -0.2) is 42.9 Å². The summed E-state index contributed by atoms with van der Waals surface area (Å²) in [7, 11) is -2.84. The van der Waals surface area contributed by atoms with Crippen molar-refractivity contribution in [3.63, 3.8) is 0 Å². The lowest BCUT2D eigenvalue weighted by atomic mass is 10.2. The van der Waals surface area contributed by atoms with Gasteiger partial charge >= 0.3 is 0 Å². The van der Waals surface area contributed by atoms with Crippen molar-refractivity contribution in [2.24, 2.45) is 4.99 Å². The molecule has 0 radical (unpaired) electrons. The molecular formula is C8H14N2O2S2. The molecule has 1 N–H and O–H groups in total. The zero-order valence-corrected chi connectivity index (χ0v) is 9.70. The fourth-order valence-corrected chi connectivity index (χ4v) is 4.18. The molecule has 1 fully saturated rings. The highest BCUT2D eigenvalue weighted by Crippen LogP contribution is 2.22. The van der Waals surface area contributed by atoms with Gasteiger partial charge in [0, 0.05) is 11.8 Å². The molecule has 0 spiro atoms. The summed E-state index contributed by atoms with van der Waals surface area (Å²) in [5, 5.41) is 3.86. The molecule has 6 heteroatoms. The third kappa shape index (κ3) is 1.91. The highest BCUT2D eigenvalue weighted by Gasteiger charge is 2.37. The van der Waals surface area contributed by atoms with Crippen LogP contribution in [0.5, 0.6) is 0 Å². The molecular weight excluding hydrogens is 220 g/mol. The van der Waals surface area contributed by atoms with Crippen molar-refractivity contribution >= 4 is 26.8 Å². The second-order valence-electron chi connectivity index (χ2n) is 3.65. The topological polar surface area (TPSA) is 58.5 Å². The molecule has 0 aromatic heterocycles. The van der Waals surface area contributed by atoms with Gasteiger partial charge in [-0.25, -0.2) is 8.42 Å². The normalized spacial score (nSPS) is 35.6. The summed E-state index contributed by atoms with van der Waals surface area (Å²) in [5.41, 5.74) is 0. The maximum Gasteiger partial charge on any atom is 0.156 e. The van der Waals surface area contributed by atoms with Crippen molar-refractivity contribution in [2.45, 2.75) is 24.6 Å². The van der Waals surface area contributed by atoms with Gasteiger partial charge in [0.05, 0.1) is 17.5 Å². The van der Waals surface area contributed by atoms with Crippen LogP contribution in [0.2, 0.25) is 0 Å². The fourth-order valence-electron chi connectivity index (χ4n) is 1.73. The first-order valence-electron chi connectivity index (χ1n) is 4.75. The smallest absolute Gasteiger partial charge is 0.156 e. The van der Waals surface area contributed by atoms with E-state index in [1.807, 2.05) is 0 Å². The molecule has 0 amide bonds. The molecule has 2 heterocycles. The molecule has 14 heavy (non-hydrogen) atoms. The van der Waals surface area contributed by atoms with E-state index in [4.69, 9.17) is 0 Å². The van der Waals surface area contributed by atoms with E-state index in [1.165, 1.54) is 0 Å². The Kier molecular flexibility index (Phi) is 2.74. The molecule has 2 aliphatic rings. The number of sulfone groups is 1. The maximum atomic E-state index is 11.5. The van der Waals surface area contributed by atoms with Crippen LogP contribution in [0, 0.1) is 0 Å². The molecule has 4 nitrogen and oxygen atoms in total. The lowest BCUT2D eigenvalue weighted by Crippen LogP contribution is -2.38. The zero-order chi connectivity index (χ0) is 10.2. The first kappa shape index (κ1) is 10.3. The van der Waals surface area contributed by atoms with Crippen molar-refractivity contribution in [1.82, 2.24) is 5.32 Å². The molecule has 80 valence electrons. The molecule has 0 saturated carbocycles. The van der Waals surface area contributed by atoms with E-state index in [1.54, 1.807) is 18.7 Å². The number of nitrogens with one attached hydrogen (secondary N) is 1. The summed E-state index contributed by atoms with van der Waals surface area (Å²) < 4.78 is 22.9. The predicted octanol–water partition coefficient (Wildman–Crippen LogP) is 0.254. The molecule has 0 aromatic rings. The number of thioether (sulfide) groups is 1. The molecule has 0 bridgehead atoms. The van der Waals surface area contributed by atoms with Gasteiger partial charge in [0.15, 0.2) is 15.0 Å². The third-order valence-corrected chi connectivity index (χ3v) is 5.91. The van der Waals surface area contributed by atoms with Gasteiger partial charge in [0.25, 0.3) is 0 Å². The van der Waals surface area contributed by atoms with E-state index >= 15 is 0 Å². The highest BCUT2D eigenvalue weighted by molar-refractivity contribution is 8.14. The van der Waals surface area contributed by atoms with Crippen molar-refractivity contribution in [1.29, 1.82) is 0 Å². The van der Waals surface area contributed by atoms with Crippen LogP contribution in [0.4, 0.5) is 0 Å². The van der Waals surface area contributed by atoms with E-state index in [-0.39, 0.29) is 11.3 Å². The van der Waals surface area contributed by atoms with Gasteiger partial charge in [0.2, 0.25) is 0 Å². The Balaban J connectivity index is 2.00. The Morgan fingerprint density at radius 1 is 1.57 bits per heavy atom. The quantitative estimate of drug-likeness (QED) is 0.707. The van der Waals surface area contributed by atoms with E-state index in [0.717, 1.165) is 17.5 Å². The van der Waals surface area contributed by atoms with Gasteiger partial charge in [-0.15, -0.1) is 0 Å². The summed E-state index contributed by atoms with van der Waals surface area (Å²) >= 11 is 1.68. The van der Waals surface area contributed by atoms with Gasteiger partial charge in [-0.2, -0.15) is 0 Å². The highest BCUT2D eigenvalue weighted by atomic mass is 32.2. The Morgan fingerprint density at radius 2 is 2.36 bits per heavy atom. The second-order valence-corrected chi connectivity index (χ2v) is 7.21. The summed E-state index contributed by atoms with van der Waals surface area (Å²) in [6, 6.07) is 0.0596. The SMILES string of the molecule is CC1C(NC2=NCCS2)CCS1(=O)=O. The van der Waals surface area contributed by atoms with Crippen molar-refractivity contribution in [2.75, 3.05) is 18.1 Å². The summed E-state index contributed by atoms with van der Waals surface area (Å²) in [6.07, 6.45) is 0.711. The largest absolute Gasteiger partial charge is 0.361 e. The second kappa shape index (κ2) is 3.73. The van der Waals surface area contributed by atoms with E-state index in [2.05, 4.69) is 10.3 Å². The van der Waals surface area contributed by atoms with Gasteiger partial charge in [-0.3, -0.25) is 4.99 Å². The number of nitrogens with zero attached hydrogens (tertiary/aromatic N) is 1. The standard InChI is InChI=1S/C8H14N2O2S2/c1-6-7(2-5-14(6,11)12)10-8-9-3-4-13-8/h6-7H,2-5H2,1H3,(H,9,10). The minimum atomic E-state index is -2.84. The zero-order valence-electron chi connectivity index (χ0n) is 8.06. The fraction of sp³-hybridized carbons (Fsp3) is 0.875. The van der Waals surface area contributed by atoms with Crippen LogP contribution in [0.1, 0.15) is 13.3 Å². The monoisotopic (exact) mass is 234 g/mol. The average Bonchev–Trinajstić information content (AvgIpc) is 2.70. The molecule has 2 aliphatic heterocycles. The number of amidine groups is 1. The molecule has 1 saturated heterocycles. The van der Waals surface area contributed by atoms with Gasteiger partial charge in [-0.05, 0) is 13.3 Å². The van der Waals surface area contributed by atoms with Crippen LogP contribution < -0.4 is 5.32 Å². The summed E-state index contributed by atoms with van der Waals surface area (Å²) in [4.78, 5) is 4.26. The van der Waals surface area contributed by atoms with Crippen molar-refractivity contribution < 1.29 is 8.42 Å². The lowest BCUT2D eigenvalue weighted by Gasteiger charge is -2.16. The molecule has 0 aromatic carbocycles. The summed E-state index contributed by atoms with van der Waals surface area (Å²) in [5.74, 6) is 1.32. The minimum absolute atomic E-state index is 0.0596. The van der Waals surface area contributed by atoms with Crippen LogP contribution >= 0.6 is 11.8 Å². The first-order valence-corrected chi connectivity index (χ1v) is 7.45. The summed E-state index contributed by atoms with van der Waals surface area (Å²) in [6.45, 7) is 2.63. The third-order valence-electron chi connectivity index (χ3n) is 2.74. The van der Waals surface area contributed by atoms with Gasteiger partial charge < -0.3 is 5.32 Å². The Bertz CT molecular complexity index is 350. The molecule has 2 unspecified atom stereocenters. The van der Waals surface area contributed by atoms with Crippen LogP contribution in [0.15, 0.2) is 4.99 Å². The lowest BCUT2D eigenvalue weighted by molar-refractivity contribution is 0.574. The van der Waals surface area contributed by atoms with E-state index < -0.39 is 9.84 Å². The first-order chi connectivity index (χ1) is 6.59. The Morgan fingerprint density at radius 3 is 2.86 bits per heavy atom. The van der Waals surface area contributed by atoms with Crippen LogP contribution in [0.25, 0.3) is 0 Å². The Hall–Kier alpha value is -0.230. The predicted molar refractivity (Wildman–Crippen MR) is 59.5 cm³/mol. The number of rotatable bonds is 1.